The monoisotopic (exact) mass is 358 g/mol. The molecule has 27 heavy (non-hydrogen) atoms. The number of aromatic carboxylic acids is 1. The smallest absolute Gasteiger partial charge is 0.165 e. The number of hydrogen-bond acceptors (Lipinski definition) is 3. The second kappa shape index (κ2) is 6.23. The maximum absolute atomic E-state index is 12.8. The van der Waals surface area contributed by atoms with Crippen molar-refractivity contribution in [1.29, 1.82) is 0 Å². The van der Waals surface area contributed by atoms with Crippen LogP contribution in [0.2, 0.25) is 0 Å². The van der Waals surface area contributed by atoms with E-state index in [4.69, 9.17) is 0 Å². The zero-order chi connectivity index (χ0) is 19.2. The SMILES string of the molecule is CC1(C)CC(=O)c2cc(-c3ccccc3)n(-c3ccc(C(=O)[O-])cc3)c2C1. The van der Waals surface area contributed by atoms with E-state index in [2.05, 4.69) is 18.4 Å². The van der Waals surface area contributed by atoms with Crippen LogP contribution in [0, 0.1) is 5.41 Å². The Morgan fingerprint density at radius 2 is 1.67 bits per heavy atom. The van der Waals surface area contributed by atoms with E-state index in [1.165, 1.54) is 0 Å². The number of carboxylic acid groups (broad SMARTS) is 1. The molecule has 1 aliphatic rings. The van der Waals surface area contributed by atoms with Crippen LogP contribution in [-0.4, -0.2) is 16.3 Å². The first-order valence-corrected chi connectivity index (χ1v) is 9.01. The van der Waals surface area contributed by atoms with Crippen LogP contribution in [0.4, 0.5) is 0 Å². The average molecular weight is 358 g/mol. The Morgan fingerprint density at radius 1 is 1.00 bits per heavy atom. The molecule has 0 atom stereocenters. The highest BCUT2D eigenvalue weighted by molar-refractivity contribution is 6.00. The van der Waals surface area contributed by atoms with Gasteiger partial charge in [0.25, 0.3) is 0 Å². The Hall–Kier alpha value is -3.14. The minimum absolute atomic E-state index is 0.112. The van der Waals surface area contributed by atoms with Crippen molar-refractivity contribution in [1.82, 2.24) is 4.57 Å². The van der Waals surface area contributed by atoms with Crippen LogP contribution >= 0.6 is 0 Å². The largest absolute Gasteiger partial charge is 0.545 e. The first-order valence-electron chi connectivity index (χ1n) is 9.01. The highest BCUT2D eigenvalue weighted by atomic mass is 16.4. The van der Waals surface area contributed by atoms with Gasteiger partial charge in [0.1, 0.15) is 0 Å². The van der Waals surface area contributed by atoms with Crippen LogP contribution < -0.4 is 5.11 Å². The molecule has 0 bridgehead atoms. The van der Waals surface area contributed by atoms with Crippen molar-refractivity contribution in [3.63, 3.8) is 0 Å². The van der Waals surface area contributed by atoms with Crippen LogP contribution in [0.3, 0.4) is 0 Å². The zero-order valence-corrected chi connectivity index (χ0v) is 15.4. The van der Waals surface area contributed by atoms with Crippen LogP contribution in [-0.2, 0) is 6.42 Å². The van der Waals surface area contributed by atoms with Crippen LogP contribution in [0.15, 0.2) is 60.7 Å². The molecular formula is C23H20NO3-. The lowest BCUT2D eigenvalue weighted by Gasteiger charge is -2.30. The molecule has 4 heteroatoms. The van der Waals surface area contributed by atoms with Gasteiger partial charge in [-0.15, -0.1) is 0 Å². The lowest BCUT2D eigenvalue weighted by atomic mass is 9.76. The molecule has 2 aromatic carbocycles. The second-order valence-electron chi connectivity index (χ2n) is 7.87. The molecule has 0 aliphatic heterocycles. The number of hydrogen-bond donors (Lipinski definition) is 0. The number of Topliss-reactive ketones (excluding diaryl/α,β-unsaturated/α-hetero) is 1. The Balaban J connectivity index is 1.96. The Kier molecular flexibility index (Phi) is 3.99. The molecule has 1 aliphatic carbocycles. The zero-order valence-electron chi connectivity index (χ0n) is 15.4. The van der Waals surface area contributed by atoms with Gasteiger partial charge in [0.2, 0.25) is 0 Å². The minimum atomic E-state index is -1.20. The molecule has 4 nitrogen and oxygen atoms in total. The summed E-state index contributed by atoms with van der Waals surface area (Å²) < 4.78 is 2.09. The predicted molar refractivity (Wildman–Crippen MR) is 102 cm³/mol. The molecule has 3 aromatic rings. The first-order chi connectivity index (χ1) is 12.9. The fourth-order valence-corrected chi connectivity index (χ4v) is 3.87. The van der Waals surface area contributed by atoms with E-state index < -0.39 is 5.97 Å². The third kappa shape index (κ3) is 3.08. The standard InChI is InChI=1S/C23H21NO3/c1-23(2)13-20-18(21(25)14-23)12-19(15-6-4-3-5-7-15)24(20)17-10-8-16(9-11-17)22(26)27/h3-12H,13-14H2,1-2H3,(H,26,27)/p-1. The summed E-state index contributed by atoms with van der Waals surface area (Å²) >= 11 is 0. The Labute approximate surface area is 158 Å². The molecule has 0 saturated carbocycles. The molecule has 0 saturated heterocycles. The van der Waals surface area contributed by atoms with Gasteiger partial charge in [0.05, 0.1) is 11.7 Å². The predicted octanol–water partition coefficient (Wildman–Crippen LogP) is 3.66. The van der Waals surface area contributed by atoms with Gasteiger partial charge in [-0.25, -0.2) is 0 Å². The van der Waals surface area contributed by atoms with Gasteiger partial charge >= 0.3 is 0 Å². The number of fused-ring (bicyclic) bond motifs is 1. The molecule has 0 fully saturated rings. The Bertz CT molecular complexity index is 1030. The third-order valence-electron chi connectivity index (χ3n) is 5.12. The van der Waals surface area contributed by atoms with Crippen LogP contribution in [0.5, 0.6) is 0 Å². The van der Waals surface area contributed by atoms with E-state index >= 15 is 0 Å². The maximum atomic E-state index is 12.8. The number of benzene rings is 2. The van der Waals surface area contributed by atoms with Gasteiger partial charge < -0.3 is 14.5 Å². The van der Waals surface area contributed by atoms with Crippen molar-refractivity contribution in [3.8, 4) is 16.9 Å². The van der Waals surface area contributed by atoms with Crippen molar-refractivity contribution < 1.29 is 14.7 Å². The maximum Gasteiger partial charge on any atom is 0.165 e. The summed E-state index contributed by atoms with van der Waals surface area (Å²) in [6.07, 6.45) is 1.31. The average Bonchev–Trinajstić information content (AvgIpc) is 3.01. The normalized spacial score (nSPS) is 15.4. The van der Waals surface area contributed by atoms with Crippen molar-refractivity contribution in [2.45, 2.75) is 26.7 Å². The van der Waals surface area contributed by atoms with Crippen molar-refractivity contribution in [2.75, 3.05) is 0 Å². The van der Waals surface area contributed by atoms with Gasteiger partial charge in [0.15, 0.2) is 5.78 Å². The summed E-state index contributed by atoms with van der Waals surface area (Å²) in [6, 6.07) is 18.5. The van der Waals surface area contributed by atoms with Gasteiger partial charge in [0, 0.05) is 23.4 Å². The van der Waals surface area contributed by atoms with E-state index in [0.717, 1.165) is 34.6 Å². The fraction of sp³-hybridized carbons (Fsp3) is 0.217. The minimum Gasteiger partial charge on any atom is -0.545 e. The summed E-state index contributed by atoms with van der Waals surface area (Å²) in [5.41, 5.74) is 4.56. The van der Waals surface area contributed by atoms with Crippen molar-refractivity contribution in [2.24, 2.45) is 5.41 Å². The summed E-state index contributed by atoms with van der Waals surface area (Å²) in [5.74, 6) is -1.04. The van der Waals surface area contributed by atoms with E-state index in [-0.39, 0.29) is 16.8 Å². The molecule has 136 valence electrons. The number of ketones is 1. The lowest BCUT2D eigenvalue weighted by Crippen LogP contribution is -2.27. The number of carboxylic acids is 1. The second-order valence-corrected chi connectivity index (χ2v) is 7.87. The molecule has 0 spiro atoms. The number of carbonyl (C=O) groups excluding carboxylic acids is 2. The first kappa shape index (κ1) is 17.3. The molecule has 1 aromatic heterocycles. The number of rotatable bonds is 3. The van der Waals surface area contributed by atoms with Crippen LogP contribution in [0.1, 0.15) is 46.7 Å². The van der Waals surface area contributed by atoms with E-state index in [1.807, 2.05) is 36.4 Å². The molecule has 0 unspecified atom stereocenters. The molecule has 1 heterocycles. The third-order valence-corrected chi connectivity index (χ3v) is 5.12. The topological polar surface area (TPSA) is 62.1 Å². The molecule has 4 rings (SSSR count). The van der Waals surface area contributed by atoms with Crippen molar-refractivity contribution >= 4 is 11.8 Å². The summed E-state index contributed by atoms with van der Waals surface area (Å²) in [6.45, 7) is 4.21. The van der Waals surface area contributed by atoms with E-state index in [9.17, 15) is 14.7 Å². The van der Waals surface area contributed by atoms with Crippen LogP contribution in [0.25, 0.3) is 16.9 Å². The number of carbonyl (C=O) groups is 2. The number of nitrogens with zero attached hydrogens (tertiary/aromatic N) is 1. The van der Waals surface area contributed by atoms with Gasteiger partial charge in [-0.1, -0.05) is 56.3 Å². The van der Waals surface area contributed by atoms with Gasteiger partial charge in [-0.2, -0.15) is 0 Å². The molecule has 0 radical (unpaired) electrons. The highest BCUT2D eigenvalue weighted by Crippen LogP contribution is 2.40. The molecule has 0 N–H and O–H groups in total. The van der Waals surface area contributed by atoms with Gasteiger partial charge in [-0.05, 0) is 41.2 Å². The summed E-state index contributed by atoms with van der Waals surface area (Å²) in [7, 11) is 0. The van der Waals surface area contributed by atoms with E-state index in [0.29, 0.717) is 6.42 Å². The highest BCUT2D eigenvalue weighted by Gasteiger charge is 2.34. The molecular weight excluding hydrogens is 338 g/mol. The number of aromatic nitrogens is 1. The van der Waals surface area contributed by atoms with Gasteiger partial charge in [-0.3, -0.25) is 4.79 Å². The fourth-order valence-electron chi connectivity index (χ4n) is 3.87. The summed E-state index contributed by atoms with van der Waals surface area (Å²) in [4.78, 5) is 23.9. The van der Waals surface area contributed by atoms with Crippen molar-refractivity contribution in [3.05, 3.63) is 77.5 Å². The Morgan fingerprint density at radius 3 is 2.30 bits per heavy atom. The molecule has 0 amide bonds. The summed E-state index contributed by atoms with van der Waals surface area (Å²) in [5, 5.41) is 11.1. The quantitative estimate of drug-likeness (QED) is 0.718. The van der Waals surface area contributed by atoms with E-state index in [1.54, 1.807) is 24.3 Å². The lowest BCUT2D eigenvalue weighted by molar-refractivity contribution is -0.255.